The number of hydrogen-bond acceptors (Lipinski definition) is 3. The van der Waals surface area contributed by atoms with Crippen molar-refractivity contribution in [3.63, 3.8) is 0 Å². The molecule has 4 rings (SSSR count). The summed E-state index contributed by atoms with van der Waals surface area (Å²) in [6.45, 7) is 2.45. The first kappa shape index (κ1) is 16.9. The van der Waals surface area contributed by atoms with Gasteiger partial charge in [-0.05, 0) is 36.8 Å². The molecular formula is C23H19N3O. The zero-order chi connectivity index (χ0) is 18.6. The highest BCUT2D eigenvalue weighted by Crippen LogP contribution is 2.25. The molecule has 1 amide bonds. The summed E-state index contributed by atoms with van der Waals surface area (Å²) in [7, 11) is 0. The Labute approximate surface area is 157 Å². The molecule has 0 aliphatic carbocycles. The van der Waals surface area contributed by atoms with Crippen molar-refractivity contribution >= 4 is 16.8 Å². The summed E-state index contributed by atoms with van der Waals surface area (Å²) >= 11 is 0. The number of rotatable bonds is 4. The fraction of sp³-hybridized carbons (Fsp3) is 0.0870. The van der Waals surface area contributed by atoms with Gasteiger partial charge in [0.25, 0.3) is 5.91 Å². The lowest BCUT2D eigenvalue weighted by Gasteiger charge is -2.11. The third-order valence-electron chi connectivity index (χ3n) is 4.45. The van der Waals surface area contributed by atoms with Gasteiger partial charge in [0.05, 0.1) is 16.8 Å². The van der Waals surface area contributed by atoms with Crippen molar-refractivity contribution in [2.24, 2.45) is 0 Å². The van der Waals surface area contributed by atoms with Gasteiger partial charge in [-0.15, -0.1) is 0 Å². The molecule has 0 saturated carbocycles. The quantitative estimate of drug-likeness (QED) is 0.586. The van der Waals surface area contributed by atoms with E-state index in [0.717, 1.165) is 33.3 Å². The van der Waals surface area contributed by atoms with Crippen LogP contribution in [0.4, 0.5) is 0 Å². The smallest absolute Gasteiger partial charge is 0.252 e. The van der Waals surface area contributed by atoms with Crippen LogP contribution < -0.4 is 5.32 Å². The first-order chi connectivity index (χ1) is 13.2. The number of nitrogens with zero attached hydrogens (tertiary/aromatic N) is 2. The normalized spacial score (nSPS) is 10.7. The predicted octanol–water partition coefficient (Wildman–Crippen LogP) is 4.54. The molecule has 0 fully saturated rings. The van der Waals surface area contributed by atoms with Gasteiger partial charge in [-0.25, -0.2) is 4.98 Å². The van der Waals surface area contributed by atoms with Crippen molar-refractivity contribution in [1.29, 1.82) is 0 Å². The van der Waals surface area contributed by atoms with Crippen LogP contribution in [0.3, 0.4) is 0 Å². The first-order valence-electron chi connectivity index (χ1n) is 8.84. The van der Waals surface area contributed by atoms with E-state index in [9.17, 15) is 4.79 Å². The Bertz CT molecular complexity index is 1090. The van der Waals surface area contributed by atoms with Crippen LogP contribution in [0.2, 0.25) is 0 Å². The van der Waals surface area contributed by atoms with Crippen LogP contribution in [0.15, 0.2) is 79.1 Å². The van der Waals surface area contributed by atoms with Crippen molar-refractivity contribution in [1.82, 2.24) is 15.3 Å². The van der Waals surface area contributed by atoms with E-state index in [2.05, 4.69) is 10.3 Å². The van der Waals surface area contributed by atoms with Crippen molar-refractivity contribution in [2.45, 2.75) is 13.5 Å². The Hall–Kier alpha value is -3.53. The topological polar surface area (TPSA) is 54.9 Å². The van der Waals surface area contributed by atoms with E-state index >= 15 is 0 Å². The number of carbonyl (C=O) groups excluding carboxylic acids is 1. The predicted molar refractivity (Wildman–Crippen MR) is 107 cm³/mol. The lowest BCUT2D eigenvalue weighted by molar-refractivity contribution is 0.0952. The maximum absolute atomic E-state index is 13.0. The standard InChI is InChI=1S/C23H19N3O/c1-16-9-10-21-19(12-16)20(13-22(26-21)18-7-3-2-4-8-18)23(27)25-15-17-6-5-11-24-14-17/h2-14H,15H2,1H3,(H,25,27). The molecule has 0 atom stereocenters. The maximum atomic E-state index is 13.0. The lowest BCUT2D eigenvalue weighted by atomic mass is 10.0. The molecular weight excluding hydrogens is 334 g/mol. The van der Waals surface area contributed by atoms with Crippen LogP contribution in [0, 0.1) is 6.92 Å². The van der Waals surface area contributed by atoms with Crippen molar-refractivity contribution < 1.29 is 4.79 Å². The van der Waals surface area contributed by atoms with Crippen LogP contribution in [0.1, 0.15) is 21.5 Å². The number of hydrogen-bond donors (Lipinski definition) is 1. The average Bonchev–Trinajstić information content (AvgIpc) is 2.72. The number of aromatic nitrogens is 2. The second-order valence-corrected chi connectivity index (χ2v) is 6.49. The third-order valence-corrected chi connectivity index (χ3v) is 4.45. The molecule has 4 heteroatoms. The van der Waals surface area contributed by atoms with Gasteiger partial charge < -0.3 is 5.32 Å². The second kappa shape index (κ2) is 7.38. The molecule has 4 aromatic rings. The van der Waals surface area contributed by atoms with Crippen molar-refractivity contribution in [3.05, 3.63) is 95.8 Å². The maximum Gasteiger partial charge on any atom is 0.252 e. The third kappa shape index (κ3) is 3.70. The molecule has 2 heterocycles. The molecule has 0 spiro atoms. The van der Waals surface area contributed by atoms with E-state index in [-0.39, 0.29) is 5.91 Å². The Balaban J connectivity index is 1.75. The van der Waals surface area contributed by atoms with Crippen LogP contribution in [-0.4, -0.2) is 15.9 Å². The van der Waals surface area contributed by atoms with Gasteiger partial charge in [-0.1, -0.05) is 48.0 Å². The number of aryl methyl sites for hydroxylation is 1. The van der Waals surface area contributed by atoms with Crippen molar-refractivity contribution in [3.8, 4) is 11.3 Å². The van der Waals surface area contributed by atoms with Crippen LogP contribution in [0.5, 0.6) is 0 Å². The Kier molecular flexibility index (Phi) is 4.62. The summed E-state index contributed by atoms with van der Waals surface area (Å²) < 4.78 is 0. The molecule has 2 aromatic carbocycles. The molecule has 0 aliphatic rings. The Morgan fingerprint density at radius 3 is 2.63 bits per heavy atom. The zero-order valence-electron chi connectivity index (χ0n) is 15.0. The summed E-state index contributed by atoms with van der Waals surface area (Å²) in [5.74, 6) is -0.117. The summed E-state index contributed by atoms with van der Waals surface area (Å²) in [6.07, 6.45) is 3.47. The zero-order valence-corrected chi connectivity index (χ0v) is 15.0. The SMILES string of the molecule is Cc1ccc2nc(-c3ccccc3)cc(C(=O)NCc3cccnc3)c2c1. The fourth-order valence-corrected chi connectivity index (χ4v) is 3.06. The Morgan fingerprint density at radius 1 is 1.00 bits per heavy atom. The molecule has 1 N–H and O–H groups in total. The summed E-state index contributed by atoms with van der Waals surface area (Å²) in [4.78, 5) is 21.8. The average molecular weight is 353 g/mol. The largest absolute Gasteiger partial charge is 0.348 e. The van der Waals surface area contributed by atoms with Crippen molar-refractivity contribution in [2.75, 3.05) is 0 Å². The van der Waals surface area contributed by atoms with E-state index in [1.807, 2.05) is 73.7 Å². The van der Waals surface area contributed by atoms with Gasteiger partial charge >= 0.3 is 0 Å². The van der Waals surface area contributed by atoms with Gasteiger partial charge in [-0.3, -0.25) is 9.78 Å². The van der Waals surface area contributed by atoms with E-state index in [4.69, 9.17) is 4.98 Å². The lowest BCUT2D eigenvalue weighted by Crippen LogP contribution is -2.23. The van der Waals surface area contributed by atoms with E-state index < -0.39 is 0 Å². The highest BCUT2D eigenvalue weighted by molar-refractivity contribution is 6.07. The van der Waals surface area contributed by atoms with Gasteiger partial charge in [0.2, 0.25) is 0 Å². The second-order valence-electron chi connectivity index (χ2n) is 6.49. The Morgan fingerprint density at radius 2 is 1.85 bits per heavy atom. The number of pyridine rings is 2. The summed E-state index contributed by atoms with van der Waals surface area (Å²) in [5, 5.41) is 3.86. The molecule has 0 aliphatic heterocycles. The molecule has 0 radical (unpaired) electrons. The van der Waals surface area contributed by atoms with Crippen LogP contribution in [-0.2, 0) is 6.54 Å². The van der Waals surface area contributed by atoms with Gasteiger partial charge in [-0.2, -0.15) is 0 Å². The monoisotopic (exact) mass is 353 g/mol. The van der Waals surface area contributed by atoms with Gasteiger partial charge in [0.1, 0.15) is 0 Å². The molecule has 4 nitrogen and oxygen atoms in total. The number of nitrogens with one attached hydrogen (secondary N) is 1. The molecule has 0 unspecified atom stereocenters. The van der Waals surface area contributed by atoms with Gasteiger partial charge in [0, 0.05) is 29.9 Å². The fourth-order valence-electron chi connectivity index (χ4n) is 3.06. The number of carbonyl (C=O) groups is 1. The first-order valence-corrected chi connectivity index (χ1v) is 8.84. The number of amides is 1. The van der Waals surface area contributed by atoms with E-state index in [0.29, 0.717) is 12.1 Å². The minimum absolute atomic E-state index is 0.117. The molecule has 0 bridgehead atoms. The summed E-state index contributed by atoms with van der Waals surface area (Å²) in [5.41, 5.74) is 5.28. The molecule has 2 aromatic heterocycles. The summed E-state index contributed by atoms with van der Waals surface area (Å²) in [6, 6.07) is 21.6. The van der Waals surface area contributed by atoms with E-state index in [1.165, 1.54) is 0 Å². The highest BCUT2D eigenvalue weighted by Gasteiger charge is 2.14. The molecule has 27 heavy (non-hydrogen) atoms. The number of benzene rings is 2. The highest BCUT2D eigenvalue weighted by atomic mass is 16.1. The molecule has 0 saturated heterocycles. The van der Waals surface area contributed by atoms with E-state index in [1.54, 1.807) is 12.4 Å². The van der Waals surface area contributed by atoms with Gasteiger partial charge in [0.15, 0.2) is 0 Å². The van der Waals surface area contributed by atoms with Crippen LogP contribution >= 0.6 is 0 Å². The minimum Gasteiger partial charge on any atom is -0.348 e. The van der Waals surface area contributed by atoms with Crippen LogP contribution in [0.25, 0.3) is 22.2 Å². The number of fused-ring (bicyclic) bond motifs is 1. The molecule has 132 valence electrons. The minimum atomic E-state index is -0.117.